The molecule has 0 bridgehead atoms. The zero-order chi connectivity index (χ0) is 27.0. The van der Waals surface area contributed by atoms with Crippen LogP contribution in [0.4, 0.5) is 14.5 Å². The number of pyridine rings is 1. The van der Waals surface area contributed by atoms with Crippen LogP contribution < -0.4 is 9.64 Å². The normalized spacial score (nSPS) is 16.8. The van der Waals surface area contributed by atoms with E-state index in [1.54, 1.807) is 41.5 Å². The van der Waals surface area contributed by atoms with E-state index < -0.39 is 29.3 Å². The van der Waals surface area contributed by atoms with Gasteiger partial charge in [-0.2, -0.15) is 4.39 Å². The number of carboxylic acids is 1. The minimum absolute atomic E-state index is 0.00270. The summed E-state index contributed by atoms with van der Waals surface area (Å²) in [6, 6.07) is 2.86. The van der Waals surface area contributed by atoms with Crippen LogP contribution in [-0.2, 0) is 9.53 Å². The number of carboxylic acid groups (broad SMARTS) is 1. The fourth-order valence-electron chi connectivity index (χ4n) is 4.47. The van der Waals surface area contributed by atoms with Gasteiger partial charge in [-0.3, -0.25) is 4.98 Å². The SMILES string of the molecule is Cc1ncc(-c2ccc(OC(C)C)c(F)c2F)c(N2CCC(C)(C)CC2)c1[C@H](OC(C)(C)C)C(=O)O. The Morgan fingerprint density at radius 1 is 1.11 bits per heavy atom. The number of ether oxygens (including phenoxy) is 2. The minimum Gasteiger partial charge on any atom is -0.488 e. The second kappa shape index (κ2) is 10.3. The number of hydrogen-bond acceptors (Lipinski definition) is 5. The predicted octanol–water partition coefficient (Wildman–Crippen LogP) is 6.69. The molecular formula is C28H38F2N2O4. The summed E-state index contributed by atoms with van der Waals surface area (Å²) in [5, 5.41) is 10.2. The molecule has 36 heavy (non-hydrogen) atoms. The lowest BCUT2D eigenvalue weighted by molar-refractivity contribution is -0.160. The first-order valence-electron chi connectivity index (χ1n) is 12.4. The van der Waals surface area contributed by atoms with Crippen LogP contribution >= 0.6 is 0 Å². The number of aromatic nitrogens is 1. The van der Waals surface area contributed by atoms with Crippen molar-refractivity contribution in [1.82, 2.24) is 4.98 Å². The fraction of sp³-hybridized carbons (Fsp3) is 0.571. The topological polar surface area (TPSA) is 71.9 Å². The summed E-state index contributed by atoms with van der Waals surface area (Å²) in [6.45, 7) is 16.2. The van der Waals surface area contributed by atoms with Crippen molar-refractivity contribution >= 4 is 11.7 Å². The van der Waals surface area contributed by atoms with Crippen molar-refractivity contribution in [2.45, 2.75) is 86.0 Å². The Hall–Kier alpha value is -2.74. The van der Waals surface area contributed by atoms with Gasteiger partial charge in [-0.15, -0.1) is 0 Å². The molecule has 2 aromatic rings. The molecule has 3 rings (SSSR count). The number of rotatable bonds is 7. The van der Waals surface area contributed by atoms with E-state index in [9.17, 15) is 9.90 Å². The molecule has 198 valence electrons. The van der Waals surface area contributed by atoms with E-state index in [0.29, 0.717) is 35.6 Å². The van der Waals surface area contributed by atoms with Gasteiger partial charge in [0.2, 0.25) is 5.82 Å². The number of aliphatic carboxylic acids is 1. The lowest BCUT2D eigenvalue weighted by Crippen LogP contribution is -2.39. The second-order valence-electron chi connectivity index (χ2n) is 11.5. The van der Waals surface area contributed by atoms with Crippen LogP contribution in [0, 0.1) is 24.0 Å². The summed E-state index contributed by atoms with van der Waals surface area (Å²) in [6.07, 6.45) is 1.56. The molecule has 0 radical (unpaired) electrons. The maximum atomic E-state index is 15.5. The number of benzene rings is 1. The van der Waals surface area contributed by atoms with Crippen LogP contribution in [0.2, 0.25) is 0 Å². The van der Waals surface area contributed by atoms with Crippen molar-refractivity contribution in [1.29, 1.82) is 0 Å². The van der Waals surface area contributed by atoms with Gasteiger partial charge in [-0.25, -0.2) is 9.18 Å². The van der Waals surface area contributed by atoms with Gasteiger partial charge < -0.3 is 19.5 Å². The standard InChI is InChI=1S/C28H38F2N2O4/c1-16(2)35-20-10-9-18(22(29)23(20)30)19-15-31-17(3)21(25(26(33)34)36-27(4,5)6)24(19)32-13-11-28(7,8)12-14-32/h9-10,15-16,25H,11-14H2,1-8H3,(H,33,34)/t25-/m0/s1. The van der Waals surface area contributed by atoms with E-state index in [0.717, 1.165) is 12.8 Å². The highest BCUT2D eigenvalue weighted by molar-refractivity contribution is 5.86. The van der Waals surface area contributed by atoms with Gasteiger partial charge in [-0.1, -0.05) is 13.8 Å². The van der Waals surface area contributed by atoms with Crippen LogP contribution in [-0.4, -0.2) is 40.9 Å². The van der Waals surface area contributed by atoms with E-state index >= 15 is 8.78 Å². The molecule has 1 saturated heterocycles. The molecule has 6 nitrogen and oxygen atoms in total. The summed E-state index contributed by atoms with van der Waals surface area (Å²) >= 11 is 0. The average Bonchev–Trinajstić information content (AvgIpc) is 2.75. The summed E-state index contributed by atoms with van der Waals surface area (Å²) in [5.74, 6) is -3.49. The van der Waals surface area contributed by atoms with Gasteiger partial charge in [0.1, 0.15) is 0 Å². The Morgan fingerprint density at radius 3 is 2.25 bits per heavy atom. The highest BCUT2D eigenvalue weighted by Gasteiger charge is 2.36. The number of hydrogen-bond donors (Lipinski definition) is 1. The first-order chi connectivity index (χ1) is 16.6. The molecule has 0 spiro atoms. The zero-order valence-corrected chi connectivity index (χ0v) is 22.5. The molecule has 1 fully saturated rings. The maximum Gasteiger partial charge on any atom is 0.337 e. The van der Waals surface area contributed by atoms with Gasteiger partial charge >= 0.3 is 5.97 Å². The van der Waals surface area contributed by atoms with Gasteiger partial charge in [-0.05, 0) is 71.9 Å². The summed E-state index contributed by atoms with van der Waals surface area (Å²) in [7, 11) is 0. The van der Waals surface area contributed by atoms with Crippen molar-refractivity contribution in [3.05, 3.63) is 41.2 Å². The molecule has 0 aliphatic carbocycles. The highest BCUT2D eigenvalue weighted by atomic mass is 19.2. The molecule has 1 atom stereocenters. The lowest BCUT2D eigenvalue weighted by atomic mass is 9.82. The third kappa shape index (κ3) is 6.14. The smallest absolute Gasteiger partial charge is 0.337 e. The molecule has 1 aromatic carbocycles. The number of halogens is 2. The maximum absolute atomic E-state index is 15.5. The van der Waals surface area contributed by atoms with Crippen LogP contribution in [0.15, 0.2) is 18.3 Å². The van der Waals surface area contributed by atoms with E-state index in [4.69, 9.17) is 9.47 Å². The third-order valence-corrected chi connectivity index (χ3v) is 6.38. The Morgan fingerprint density at radius 2 is 1.72 bits per heavy atom. The van der Waals surface area contributed by atoms with Crippen LogP contribution in [0.5, 0.6) is 5.75 Å². The molecular weight excluding hydrogens is 466 g/mol. The van der Waals surface area contributed by atoms with E-state index in [1.807, 2.05) is 0 Å². The Kier molecular flexibility index (Phi) is 7.98. The number of aryl methyl sites for hydroxylation is 1. The quantitative estimate of drug-likeness (QED) is 0.453. The summed E-state index contributed by atoms with van der Waals surface area (Å²) in [5.41, 5.74) is 1.03. The number of piperidine rings is 1. The fourth-order valence-corrected chi connectivity index (χ4v) is 4.47. The second-order valence-corrected chi connectivity index (χ2v) is 11.5. The van der Waals surface area contributed by atoms with Crippen LogP contribution in [0.1, 0.15) is 78.7 Å². The summed E-state index contributed by atoms with van der Waals surface area (Å²) < 4.78 is 41.9. The van der Waals surface area contributed by atoms with Crippen molar-refractivity contribution in [2.24, 2.45) is 5.41 Å². The molecule has 8 heteroatoms. The molecule has 1 aliphatic heterocycles. The molecule has 1 N–H and O–H groups in total. The molecule has 1 aromatic heterocycles. The average molecular weight is 505 g/mol. The van der Waals surface area contributed by atoms with Crippen molar-refractivity contribution in [3.8, 4) is 16.9 Å². The molecule has 0 saturated carbocycles. The Bertz CT molecular complexity index is 1120. The van der Waals surface area contributed by atoms with Crippen LogP contribution in [0.3, 0.4) is 0 Å². The monoisotopic (exact) mass is 504 g/mol. The van der Waals surface area contributed by atoms with Crippen molar-refractivity contribution < 1.29 is 28.2 Å². The van der Waals surface area contributed by atoms with E-state index in [1.165, 1.54) is 18.3 Å². The number of carbonyl (C=O) groups is 1. The first kappa shape index (κ1) is 27.8. The zero-order valence-electron chi connectivity index (χ0n) is 22.5. The number of nitrogens with zero attached hydrogens (tertiary/aromatic N) is 2. The van der Waals surface area contributed by atoms with E-state index in [-0.39, 0.29) is 22.8 Å². The van der Waals surface area contributed by atoms with Gasteiger partial charge in [0.25, 0.3) is 0 Å². The van der Waals surface area contributed by atoms with Gasteiger partial charge in [0.15, 0.2) is 17.7 Å². The Balaban J connectivity index is 2.28. The Labute approximate surface area is 212 Å². The largest absolute Gasteiger partial charge is 0.488 e. The van der Waals surface area contributed by atoms with Gasteiger partial charge in [0, 0.05) is 41.7 Å². The van der Waals surface area contributed by atoms with Gasteiger partial charge in [0.05, 0.1) is 17.4 Å². The molecule has 1 aliphatic rings. The minimum atomic E-state index is -1.33. The highest BCUT2D eigenvalue weighted by Crippen LogP contribution is 2.44. The number of anilines is 1. The first-order valence-corrected chi connectivity index (χ1v) is 12.4. The molecule has 2 heterocycles. The molecule has 0 unspecified atom stereocenters. The summed E-state index contributed by atoms with van der Waals surface area (Å²) in [4.78, 5) is 18.9. The lowest BCUT2D eigenvalue weighted by Gasteiger charge is -2.41. The van der Waals surface area contributed by atoms with E-state index in [2.05, 4.69) is 23.7 Å². The third-order valence-electron chi connectivity index (χ3n) is 6.38. The molecule has 0 amide bonds. The van der Waals surface area contributed by atoms with Crippen molar-refractivity contribution in [3.63, 3.8) is 0 Å². The van der Waals surface area contributed by atoms with Crippen molar-refractivity contribution in [2.75, 3.05) is 18.0 Å². The predicted molar refractivity (Wildman–Crippen MR) is 137 cm³/mol. The van der Waals surface area contributed by atoms with Crippen LogP contribution in [0.25, 0.3) is 11.1 Å².